The van der Waals surface area contributed by atoms with Gasteiger partial charge in [-0.05, 0) is 32.0 Å². The molecule has 3 amide bonds. The van der Waals surface area contributed by atoms with Gasteiger partial charge in [-0.1, -0.05) is 6.07 Å². The van der Waals surface area contributed by atoms with Crippen LogP contribution in [-0.4, -0.2) is 48.8 Å². The lowest BCUT2D eigenvalue weighted by molar-refractivity contribution is -0.135. The van der Waals surface area contributed by atoms with E-state index in [0.29, 0.717) is 13.1 Å². The molecule has 1 aromatic carbocycles. The Hall–Kier alpha value is -2.44. The molecule has 7 heteroatoms. The van der Waals surface area contributed by atoms with Gasteiger partial charge in [0, 0.05) is 18.7 Å². The molecule has 6 nitrogen and oxygen atoms in total. The van der Waals surface area contributed by atoms with Crippen LogP contribution >= 0.6 is 0 Å². The fourth-order valence-corrected chi connectivity index (χ4v) is 1.80. The summed E-state index contributed by atoms with van der Waals surface area (Å²) < 4.78 is 13.0. The summed E-state index contributed by atoms with van der Waals surface area (Å²) in [5.74, 6) is -1.69. The number of amides is 3. The van der Waals surface area contributed by atoms with Crippen LogP contribution in [0.5, 0.6) is 0 Å². The number of carbonyl (C=O) groups excluding carboxylic acids is 3. The average molecular weight is 309 g/mol. The molecule has 0 bridgehead atoms. The van der Waals surface area contributed by atoms with Crippen molar-refractivity contribution in [1.82, 2.24) is 15.5 Å². The van der Waals surface area contributed by atoms with Gasteiger partial charge in [0.25, 0.3) is 5.91 Å². The van der Waals surface area contributed by atoms with Crippen LogP contribution in [0.4, 0.5) is 4.39 Å². The molecule has 0 aliphatic rings. The normalized spacial score (nSPS) is 9.95. The zero-order valence-corrected chi connectivity index (χ0v) is 12.7. The topological polar surface area (TPSA) is 78.5 Å². The summed E-state index contributed by atoms with van der Waals surface area (Å²) in [6, 6.07) is 5.19. The zero-order valence-electron chi connectivity index (χ0n) is 12.7. The van der Waals surface area contributed by atoms with Crippen molar-refractivity contribution < 1.29 is 18.8 Å². The first-order chi connectivity index (χ1) is 10.5. The molecular weight excluding hydrogens is 289 g/mol. The molecule has 0 atom stereocenters. The highest BCUT2D eigenvalue weighted by atomic mass is 19.1. The fraction of sp³-hybridized carbons (Fsp3) is 0.400. The van der Waals surface area contributed by atoms with Crippen LogP contribution in [0.25, 0.3) is 0 Å². The van der Waals surface area contributed by atoms with Crippen molar-refractivity contribution in [3.63, 3.8) is 0 Å². The first-order valence-corrected chi connectivity index (χ1v) is 7.06. The number of nitrogens with zero attached hydrogens (tertiary/aromatic N) is 1. The monoisotopic (exact) mass is 309 g/mol. The summed E-state index contributed by atoms with van der Waals surface area (Å²) >= 11 is 0. The Labute approximate surface area is 128 Å². The van der Waals surface area contributed by atoms with E-state index in [9.17, 15) is 18.8 Å². The van der Waals surface area contributed by atoms with Gasteiger partial charge in [-0.3, -0.25) is 14.4 Å². The lowest BCUT2D eigenvalue weighted by atomic mass is 10.2. The third-order valence-electron chi connectivity index (χ3n) is 2.93. The summed E-state index contributed by atoms with van der Waals surface area (Å²) in [5.41, 5.74) is 0.138. The molecule has 1 rings (SSSR count). The van der Waals surface area contributed by atoms with Gasteiger partial charge < -0.3 is 15.5 Å². The van der Waals surface area contributed by atoms with Gasteiger partial charge in [-0.25, -0.2) is 4.39 Å². The number of rotatable bonds is 7. The number of hydrogen-bond acceptors (Lipinski definition) is 3. The van der Waals surface area contributed by atoms with Crippen molar-refractivity contribution in [1.29, 1.82) is 0 Å². The highest BCUT2D eigenvalue weighted by Gasteiger charge is 2.16. The van der Waals surface area contributed by atoms with Crippen molar-refractivity contribution in [2.24, 2.45) is 0 Å². The summed E-state index contributed by atoms with van der Waals surface area (Å²) in [4.78, 5) is 36.6. The van der Waals surface area contributed by atoms with Crippen molar-refractivity contribution >= 4 is 17.7 Å². The number of hydrogen-bond donors (Lipinski definition) is 2. The van der Waals surface area contributed by atoms with Crippen LogP contribution in [-0.2, 0) is 9.59 Å². The molecule has 0 fully saturated rings. The summed E-state index contributed by atoms with van der Waals surface area (Å²) in [5, 5.41) is 5.02. The molecule has 0 saturated carbocycles. The third kappa shape index (κ3) is 5.51. The van der Waals surface area contributed by atoms with Crippen molar-refractivity contribution in [3.8, 4) is 0 Å². The minimum absolute atomic E-state index is 0.0565. The van der Waals surface area contributed by atoms with E-state index in [1.54, 1.807) is 13.8 Å². The fourth-order valence-electron chi connectivity index (χ4n) is 1.80. The first kappa shape index (κ1) is 17.6. The Morgan fingerprint density at radius 3 is 2.50 bits per heavy atom. The molecular formula is C15H20FN3O3. The Kier molecular flexibility index (Phi) is 7.01. The molecule has 0 unspecified atom stereocenters. The number of carbonyl (C=O) groups is 3. The second kappa shape index (κ2) is 8.76. The third-order valence-corrected chi connectivity index (χ3v) is 2.93. The largest absolute Gasteiger partial charge is 0.355 e. The SMILES string of the molecule is CCNC(=O)CN(CC)C(=O)CNC(=O)c1cccc(F)c1. The molecule has 0 aliphatic carbocycles. The van der Waals surface area contributed by atoms with Crippen LogP contribution in [0.3, 0.4) is 0 Å². The van der Waals surface area contributed by atoms with Gasteiger partial charge >= 0.3 is 0 Å². The van der Waals surface area contributed by atoms with Crippen molar-refractivity contribution in [2.75, 3.05) is 26.2 Å². The quantitative estimate of drug-likeness (QED) is 0.771. The summed E-state index contributed by atoms with van der Waals surface area (Å²) in [6.45, 7) is 4.06. The van der Waals surface area contributed by atoms with E-state index < -0.39 is 11.7 Å². The van der Waals surface area contributed by atoms with Crippen molar-refractivity contribution in [2.45, 2.75) is 13.8 Å². The minimum atomic E-state index is -0.540. The maximum atomic E-state index is 13.0. The number of likely N-dealkylation sites (N-methyl/N-ethyl adjacent to an activating group) is 2. The van der Waals surface area contributed by atoms with Gasteiger partial charge in [-0.2, -0.15) is 0 Å². The van der Waals surface area contributed by atoms with Crippen LogP contribution in [0, 0.1) is 5.82 Å². The molecule has 0 spiro atoms. The van der Waals surface area contributed by atoms with Crippen LogP contribution in [0.2, 0.25) is 0 Å². The maximum absolute atomic E-state index is 13.0. The maximum Gasteiger partial charge on any atom is 0.251 e. The molecule has 2 N–H and O–H groups in total. The average Bonchev–Trinajstić information content (AvgIpc) is 2.50. The molecule has 1 aromatic rings. The second-order valence-corrected chi connectivity index (χ2v) is 4.55. The van der Waals surface area contributed by atoms with Gasteiger partial charge in [0.05, 0.1) is 13.1 Å². The lowest BCUT2D eigenvalue weighted by Crippen LogP contribution is -2.45. The Morgan fingerprint density at radius 1 is 1.18 bits per heavy atom. The van der Waals surface area contributed by atoms with Crippen LogP contribution in [0.1, 0.15) is 24.2 Å². The first-order valence-electron chi connectivity index (χ1n) is 7.06. The van der Waals surface area contributed by atoms with Gasteiger partial charge in [0.1, 0.15) is 5.82 Å². The number of halogens is 1. The van der Waals surface area contributed by atoms with Crippen LogP contribution < -0.4 is 10.6 Å². The van der Waals surface area contributed by atoms with Crippen molar-refractivity contribution in [3.05, 3.63) is 35.6 Å². The van der Waals surface area contributed by atoms with Gasteiger partial charge in [-0.15, -0.1) is 0 Å². The van der Waals surface area contributed by atoms with E-state index in [0.717, 1.165) is 6.07 Å². The number of benzene rings is 1. The number of nitrogens with one attached hydrogen (secondary N) is 2. The molecule has 0 radical (unpaired) electrons. The Morgan fingerprint density at radius 2 is 1.91 bits per heavy atom. The van der Waals surface area contributed by atoms with Crippen LogP contribution in [0.15, 0.2) is 24.3 Å². The predicted molar refractivity (Wildman–Crippen MR) is 79.7 cm³/mol. The molecule has 0 saturated heterocycles. The zero-order chi connectivity index (χ0) is 16.5. The predicted octanol–water partition coefficient (Wildman–Crippen LogP) is 0.540. The molecule has 0 aliphatic heterocycles. The Balaban J connectivity index is 2.53. The Bertz CT molecular complexity index is 549. The van der Waals surface area contributed by atoms with E-state index in [4.69, 9.17) is 0 Å². The van der Waals surface area contributed by atoms with E-state index in [1.807, 2.05) is 0 Å². The van der Waals surface area contributed by atoms with E-state index >= 15 is 0 Å². The summed E-state index contributed by atoms with van der Waals surface area (Å²) in [7, 11) is 0. The van der Waals surface area contributed by atoms with Gasteiger partial charge in [0.15, 0.2) is 0 Å². The van der Waals surface area contributed by atoms with E-state index in [1.165, 1.54) is 23.1 Å². The summed E-state index contributed by atoms with van der Waals surface area (Å²) in [6.07, 6.45) is 0. The lowest BCUT2D eigenvalue weighted by Gasteiger charge is -2.20. The molecule has 120 valence electrons. The second-order valence-electron chi connectivity index (χ2n) is 4.55. The molecule has 22 heavy (non-hydrogen) atoms. The van der Waals surface area contributed by atoms with E-state index in [-0.39, 0.29) is 30.5 Å². The molecule has 0 heterocycles. The highest BCUT2D eigenvalue weighted by Crippen LogP contribution is 2.03. The smallest absolute Gasteiger partial charge is 0.251 e. The minimum Gasteiger partial charge on any atom is -0.355 e. The highest BCUT2D eigenvalue weighted by molar-refractivity contribution is 5.96. The molecule has 0 aromatic heterocycles. The standard InChI is InChI=1S/C15H20FN3O3/c1-3-17-13(20)10-19(4-2)14(21)9-18-15(22)11-6-5-7-12(16)8-11/h5-8H,3-4,9-10H2,1-2H3,(H,17,20)(H,18,22). The van der Waals surface area contributed by atoms with Gasteiger partial charge in [0.2, 0.25) is 11.8 Å². The van der Waals surface area contributed by atoms with E-state index in [2.05, 4.69) is 10.6 Å².